The molecule has 0 aromatic heterocycles. The normalized spacial score (nSPS) is 18.0. The standard InChI is InChI=1S/C28H32N2O4/c1-2-31-24-12-5-21(6-13-24)22-7-14-26(15-8-22)34-32-18-17-20-3-10-25(11-4-20)33-28-16-9-23(29)19-27(28)30/h3-4,7-11,14-19,21,24H,2,5-6,12-13,29-30H2,1H3/b18-17+. The van der Waals surface area contributed by atoms with Crippen molar-refractivity contribution >= 4 is 17.5 Å². The number of hydrogen-bond acceptors (Lipinski definition) is 6. The molecule has 34 heavy (non-hydrogen) atoms. The van der Waals surface area contributed by atoms with Gasteiger partial charge in [-0.15, -0.1) is 0 Å². The van der Waals surface area contributed by atoms with Gasteiger partial charge in [-0.25, -0.2) is 0 Å². The van der Waals surface area contributed by atoms with E-state index >= 15 is 0 Å². The van der Waals surface area contributed by atoms with Crippen LogP contribution >= 0.6 is 0 Å². The Morgan fingerprint density at radius 1 is 0.853 bits per heavy atom. The number of anilines is 2. The molecule has 1 aliphatic carbocycles. The van der Waals surface area contributed by atoms with Crippen molar-refractivity contribution < 1.29 is 19.2 Å². The summed E-state index contributed by atoms with van der Waals surface area (Å²) in [4.78, 5) is 10.6. The van der Waals surface area contributed by atoms with Crippen LogP contribution in [0.2, 0.25) is 0 Å². The van der Waals surface area contributed by atoms with Crippen molar-refractivity contribution in [3.05, 3.63) is 84.1 Å². The van der Waals surface area contributed by atoms with Gasteiger partial charge in [0, 0.05) is 12.3 Å². The smallest absolute Gasteiger partial charge is 0.178 e. The Balaban J connectivity index is 1.22. The van der Waals surface area contributed by atoms with E-state index in [1.54, 1.807) is 18.2 Å². The van der Waals surface area contributed by atoms with E-state index in [-0.39, 0.29) is 0 Å². The lowest BCUT2D eigenvalue weighted by molar-refractivity contribution is -0.148. The summed E-state index contributed by atoms with van der Waals surface area (Å²) >= 11 is 0. The number of hydrogen-bond donors (Lipinski definition) is 2. The van der Waals surface area contributed by atoms with E-state index in [2.05, 4.69) is 19.1 Å². The zero-order chi connectivity index (χ0) is 23.8. The van der Waals surface area contributed by atoms with Gasteiger partial charge >= 0.3 is 0 Å². The Kier molecular flexibility index (Phi) is 7.94. The fourth-order valence-electron chi connectivity index (χ4n) is 4.22. The third-order valence-electron chi connectivity index (χ3n) is 6.03. The first-order valence-electron chi connectivity index (χ1n) is 11.7. The molecule has 178 valence electrons. The van der Waals surface area contributed by atoms with Crippen LogP contribution in [0.1, 0.15) is 49.7 Å². The topological polar surface area (TPSA) is 89.0 Å². The molecule has 0 amide bonds. The van der Waals surface area contributed by atoms with Gasteiger partial charge in [0.2, 0.25) is 0 Å². The van der Waals surface area contributed by atoms with E-state index in [9.17, 15) is 0 Å². The number of nitrogen functional groups attached to an aromatic ring is 2. The highest BCUT2D eigenvalue weighted by Crippen LogP contribution is 2.34. The van der Waals surface area contributed by atoms with Crippen molar-refractivity contribution in [3.8, 4) is 17.2 Å². The summed E-state index contributed by atoms with van der Waals surface area (Å²) in [6.45, 7) is 2.86. The Labute approximate surface area is 201 Å². The molecule has 0 aliphatic heterocycles. The first-order valence-corrected chi connectivity index (χ1v) is 11.7. The van der Waals surface area contributed by atoms with Gasteiger partial charge in [0.25, 0.3) is 0 Å². The van der Waals surface area contributed by atoms with Gasteiger partial charge in [0.1, 0.15) is 17.8 Å². The van der Waals surface area contributed by atoms with E-state index in [1.165, 1.54) is 24.7 Å². The maximum Gasteiger partial charge on any atom is 0.178 e. The average Bonchev–Trinajstić information content (AvgIpc) is 2.86. The van der Waals surface area contributed by atoms with E-state index in [0.29, 0.717) is 40.6 Å². The van der Waals surface area contributed by atoms with E-state index in [1.807, 2.05) is 42.5 Å². The van der Waals surface area contributed by atoms with Crippen molar-refractivity contribution in [1.82, 2.24) is 0 Å². The maximum absolute atomic E-state index is 5.94. The summed E-state index contributed by atoms with van der Waals surface area (Å²) in [6.07, 6.45) is 8.35. The molecule has 0 atom stereocenters. The summed E-state index contributed by atoms with van der Waals surface area (Å²) in [7, 11) is 0. The predicted molar refractivity (Wildman–Crippen MR) is 136 cm³/mol. The summed E-state index contributed by atoms with van der Waals surface area (Å²) in [6, 6.07) is 20.9. The Bertz CT molecular complexity index is 1070. The fourth-order valence-corrected chi connectivity index (χ4v) is 4.22. The summed E-state index contributed by atoms with van der Waals surface area (Å²) in [5.74, 6) is 2.51. The molecular weight excluding hydrogens is 428 g/mol. The van der Waals surface area contributed by atoms with Gasteiger partial charge in [-0.2, -0.15) is 0 Å². The van der Waals surface area contributed by atoms with Crippen LogP contribution in [-0.2, 0) is 9.62 Å². The zero-order valence-electron chi connectivity index (χ0n) is 19.5. The Hall–Kier alpha value is -3.64. The summed E-state index contributed by atoms with van der Waals surface area (Å²) in [5, 5.41) is 0. The van der Waals surface area contributed by atoms with Crippen molar-refractivity contribution in [2.45, 2.75) is 44.6 Å². The van der Waals surface area contributed by atoms with Crippen LogP contribution in [0.5, 0.6) is 17.2 Å². The molecule has 0 unspecified atom stereocenters. The molecule has 0 saturated heterocycles. The second-order valence-electron chi connectivity index (χ2n) is 8.45. The molecule has 1 saturated carbocycles. The molecule has 6 nitrogen and oxygen atoms in total. The SMILES string of the molecule is CCOC1CCC(c2ccc(OO/C=C/c3ccc(Oc4ccc(N)cc4N)cc3)cc2)CC1. The second-order valence-corrected chi connectivity index (χ2v) is 8.45. The minimum absolute atomic E-state index is 0.426. The Morgan fingerprint density at radius 2 is 1.56 bits per heavy atom. The fraction of sp³-hybridized carbons (Fsp3) is 0.286. The van der Waals surface area contributed by atoms with E-state index in [4.69, 9.17) is 30.7 Å². The van der Waals surface area contributed by atoms with Crippen LogP contribution < -0.4 is 21.1 Å². The molecule has 0 heterocycles. The molecule has 1 fully saturated rings. The Morgan fingerprint density at radius 3 is 2.24 bits per heavy atom. The third kappa shape index (κ3) is 6.45. The van der Waals surface area contributed by atoms with Crippen molar-refractivity contribution in [1.29, 1.82) is 0 Å². The highest BCUT2D eigenvalue weighted by Gasteiger charge is 2.22. The van der Waals surface area contributed by atoms with Crippen LogP contribution in [0.25, 0.3) is 6.08 Å². The third-order valence-corrected chi connectivity index (χ3v) is 6.03. The number of ether oxygens (including phenoxy) is 2. The minimum Gasteiger partial charge on any atom is -0.455 e. The number of nitrogens with two attached hydrogens (primary N) is 2. The van der Waals surface area contributed by atoms with Crippen molar-refractivity contribution in [3.63, 3.8) is 0 Å². The van der Waals surface area contributed by atoms with E-state index in [0.717, 1.165) is 25.0 Å². The zero-order valence-corrected chi connectivity index (χ0v) is 19.5. The highest BCUT2D eigenvalue weighted by molar-refractivity contribution is 5.61. The van der Waals surface area contributed by atoms with Gasteiger partial charge in [-0.1, -0.05) is 24.3 Å². The minimum atomic E-state index is 0.426. The first-order chi connectivity index (χ1) is 16.6. The molecule has 4 rings (SSSR count). The largest absolute Gasteiger partial charge is 0.455 e. The lowest BCUT2D eigenvalue weighted by Gasteiger charge is -2.28. The van der Waals surface area contributed by atoms with Gasteiger partial charge in [0.15, 0.2) is 5.75 Å². The molecule has 6 heteroatoms. The molecular formula is C28H32N2O4. The van der Waals surface area contributed by atoms with Crippen LogP contribution in [0.3, 0.4) is 0 Å². The van der Waals surface area contributed by atoms with Gasteiger partial charge in [0.05, 0.1) is 11.8 Å². The number of rotatable bonds is 9. The quantitative estimate of drug-likeness (QED) is 0.160. The maximum atomic E-state index is 5.94. The monoisotopic (exact) mass is 460 g/mol. The van der Waals surface area contributed by atoms with Gasteiger partial charge in [-0.05, 0) is 98.2 Å². The average molecular weight is 461 g/mol. The van der Waals surface area contributed by atoms with Crippen LogP contribution in [0.15, 0.2) is 73.0 Å². The molecule has 1 aliphatic rings. The van der Waals surface area contributed by atoms with Crippen LogP contribution in [-0.4, -0.2) is 12.7 Å². The van der Waals surface area contributed by atoms with Gasteiger partial charge in [-0.3, -0.25) is 9.78 Å². The second kappa shape index (κ2) is 11.5. The van der Waals surface area contributed by atoms with Gasteiger partial charge < -0.3 is 20.9 Å². The van der Waals surface area contributed by atoms with Crippen LogP contribution in [0.4, 0.5) is 11.4 Å². The van der Waals surface area contributed by atoms with Crippen LogP contribution in [0, 0.1) is 0 Å². The molecule has 3 aromatic rings. The molecule has 0 bridgehead atoms. The van der Waals surface area contributed by atoms with Crippen molar-refractivity contribution in [2.75, 3.05) is 18.1 Å². The van der Waals surface area contributed by atoms with E-state index < -0.39 is 0 Å². The predicted octanol–water partition coefficient (Wildman–Crippen LogP) is 6.69. The summed E-state index contributed by atoms with van der Waals surface area (Å²) < 4.78 is 11.6. The lowest BCUT2D eigenvalue weighted by atomic mass is 9.83. The highest BCUT2D eigenvalue weighted by atomic mass is 17.2. The molecule has 0 spiro atoms. The lowest BCUT2D eigenvalue weighted by Crippen LogP contribution is -2.20. The van der Waals surface area contributed by atoms with Crippen molar-refractivity contribution in [2.24, 2.45) is 0 Å². The molecule has 4 N–H and O–H groups in total. The molecule has 3 aromatic carbocycles. The summed E-state index contributed by atoms with van der Waals surface area (Å²) in [5.41, 5.74) is 15.0. The molecule has 0 radical (unpaired) electrons. The number of benzene rings is 3. The first kappa shape index (κ1) is 23.5.